The molecule has 3 aromatic carbocycles. The minimum Gasteiger partial charge on any atom is -0.497 e. The van der Waals surface area contributed by atoms with E-state index in [9.17, 15) is 14.5 Å². The van der Waals surface area contributed by atoms with Crippen molar-refractivity contribution in [3.8, 4) is 5.75 Å². The summed E-state index contributed by atoms with van der Waals surface area (Å²) in [6.45, 7) is 0. The average molecular weight is 474 g/mol. The van der Waals surface area contributed by atoms with Gasteiger partial charge in [0.25, 0.3) is 5.69 Å². The quantitative estimate of drug-likeness (QED) is 0.176. The number of anilines is 5. The molecule has 11 nitrogen and oxygen atoms in total. The minimum absolute atomic E-state index is 0.0365. The Morgan fingerprint density at radius 2 is 1.40 bits per heavy atom. The highest BCUT2D eigenvalue weighted by molar-refractivity contribution is 5.79. The fraction of sp³-hybridized carbons (Fsp3) is 0.0435. The number of nitro benzene ring substituents is 1. The van der Waals surface area contributed by atoms with Gasteiger partial charge < -0.3 is 15.4 Å². The number of hydrogen-bond donors (Lipinski definition) is 3. The van der Waals surface area contributed by atoms with Crippen LogP contribution in [-0.4, -0.2) is 33.2 Å². The Morgan fingerprint density at radius 1 is 0.857 bits per heavy atom. The first-order valence-electron chi connectivity index (χ1n) is 10.2. The number of nitrogens with one attached hydrogen (secondary N) is 3. The van der Waals surface area contributed by atoms with Gasteiger partial charge in [-0.25, -0.2) is 9.82 Å². The van der Waals surface area contributed by atoms with Crippen molar-refractivity contribution in [2.24, 2.45) is 5.10 Å². The second kappa shape index (κ2) is 10.7. The van der Waals surface area contributed by atoms with Crippen LogP contribution in [0.2, 0.25) is 0 Å². The molecule has 0 fully saturated rings. The van der Waals surface area contributed by atoms with Gasteiger partial charge in [-0.1, -0.05) is 12.1 Å². The van der Waals surface area contributed by atoms with Gasteiger partial charge in [-0.3, -0.25) is 10.1 Å². The molecule has 0 saturated carbocycles. The van der Waals surface area contributed by atoms with Gasteiger partial charge in [0.2, 0.25) is 17.8 Å². The maximum absolute atomic E-state index is 13.1. The molecule has 0 aliphatic heterocycles. The van der Waals surface area contributed by atoms with Crippen LogP contribution in [0.1, 0.15) is 5.56 Å². The van der Waals surface area contributed by atoms with E-state index in [1.807, 2.05) is 0 Å². The Morgan fingerprint density at radius 3 is 1.94 bits per heavy atom. The summed E-state index contributed by atoms with van der Waals surface area (Å²) in [7, 11) is 1.58. The molecule has 176 valence electrons. The summed E-state index contributed by atoms with van der Waals surface area (Å²) in [4.78, 5) is 23.4. The van der Waals surface area contributed by atoms with E-state index in [0.717, 1.165) is 0 Å². The lowest BCUT2D eigenvalue weighted by molar-refractivity contribution is -0.384. The highest BCUT2D eigenvalue weighted by Crippen LogP contribution is 2.22. The Bertz CT molecular complexity index is 1330. The summed E-state index contributed by atoms with van der Waals surface area (Å²) in [5, 5.41) is 21.1. The largest absolute Gasteiger partial charge is 0.497 e. The fourth-order valence-corrected chi connectivity index (χ4v) is 2.85. The normalized spacial score (nSPS) is 10.7. The van der Waals surface area contributed by atoms with Gasteiger partial charge in [0.15, 0.2) is 0 Å². The summed E-state index contributed by atoms with van der Waals surface area (Å²) in [6.07, 6.45) is 1.49. The minimum atomic E-state index is -0.481. The zero-order valence-corrected chi connectivity index (χ0v) is 18.3. The molecule has 12 heteroatoms. The van der Waals surface area contributed by atoms with Crippen molar-refractivity contribution in [2.75, 3.05) is 23.2 Å². The van der Waals surface area contributed by atoms with Crippen LogP contribution in [0.25, 0.3) is 0 Å². The molecule has 35 heavy (non-hydrogen) atoms. The molecule has 0 bridgehead atoms. The van der Waals surface area contributed by atoms with Crippen molar-refractivity contribution in [3.63, 3.8) is 0 Å². The van der Waals surface area contributed by atoms with E-state index in [2.05, 4.69) is 36.1 Å². The van der Waals surface area contributed by atoms with E-state index in [-0.39, 0.29) is 29.3 Å². The monoisotopic (exact) mass is 474 g/mol. The first kappa shape index (κ1) is 23.0. The summed E-state index contributed by atoms with van der Waals surface area (Å²) in [5.74, 6) is 0.866. The number of benzene rings is 3. The maximum Gasteiger partial charge on any atom is 0.269 e. The Labute approximate surface area is 198 Å². The van der Waals surface area contributed by atoms with Gasteiger partial charge in [0.1, 0.15) is 11.6 Å². The van der Waals surface area contributed by atoms with Crippen LogP contribution in [-0.2, 0) is 0 Å². The molecule has 0 amide bonds. The number of methoxy groups -OCH3 is 1. The first-order chi connectivity index (χ1) is 17.0. The number of nitrogens with zero attached hydrogens (tertiary/aromatic N) is 5. The number of hydrogen-bond acceptors (Lipinski definition) is 10. The third kappa shape index (κ3) is 6.44. The lowest BCUT2D eigenvalue weighted by Gasteiger charge is -2.10. The van der Waals surface area contributed by atoms with Crippen LogP contribution >= 0.6 is 0 Å². The molecule has 0 atom stereocenters. The van der Waals surface area contributed by atoms with E-state index < -0.39 is 4.92 Å². The third-order valence-electron chi connectivity index (χ3n) is 4.56. The van der Waals surface area contributed by atoms with Crippen LogP contribution in [0, 0.1) is 15.9 Å². The smallest absolute Gasteiger partial charge is 0.269 e. The number of aromatic nitrogens is 3. The van der Waals surface area contributed by atoms with Crippen LogP contribution in [0.15, 0.2) is 77.9 Å². The van der Waals surface area contributed by atoms with Crippen molar-refractivity contribution in [2.45, 2.75) is 0 Å². The Kier molecular flexibility index (Phi) is 7.02. The van der Waals surface area contributed by atoms with Gasteiger partial charge in [-0.05, 0) is 54.1 Å². The molecule has 0 aliphatic carbocycles. The third-order valence-corrected chi connectivity index (χ3v) is 4.56. The van der Waals surface area contributed by atoms with E-state index in [0.29, 0.717) is 22.7 Å². The van der Waals surface area contributed by atoms with Crippen LogP contribution in [0.3, 0.4) is 0 Å². The number of nitro groups is 1. The van der Waals surface area contributed by atoms with Gasteiger partial charge >= 0.3 is 0 Å². The van der Waals surface area contributed by atoms with Crippen molar-refractivity contribution in [1.82, 2.24) is 15.0 Å². The maximum atomic E-state index is 13.1. The topological polar surface area (TPSA) is 139 Å². The molecule has 0 saturated heterocycles. The zero-order valence-electron chi connectivity index (χ0n) is 18.3. The highest BCUT2D eigenvalue weighted by atomic mass is 19.1. The lowest BCUT2D eigenvalue weighted by Crippen LogP contribution is -2.07. The van der Waals surface area contributed by atoms with Crippen molar-refractivity contribution < 1.29 is 14.1 Å². The van der Waals surface area contributed by atoms with E-state index >= 15 is 0 Å². The molecule has 4 aromatic rings. The number of rotatable bonds is 9. The Balaban J connectivity index is 1.57. The second-order valence-electron chi connectivity index (χ2n) is 7.01. The molecular formula is C23H19FN8O3. The summed E-state index contributed by atoms with van der Waals surface area (Å²) in [5.41, 5.74) is 4.61. The molecule has 4 rings (SSSR count). The number of ether oxygens (including phenoxy) is 1. The molecule has 3 N–H and O–H groups in total. The van der Waals surface area contributed by atoms with Gasteiger partial charge in [-0.2, -0.15) is 20.1 Å². The summed E-state index contributed by atoms with van der Waals surface area (Å²) in [6, 6.07) is 18.8. The van der Waals surface area contributed by atoms with Crippen molar-refractivity contribution >= 4 is 41.1 Å². The summed E-state index contributed by atoms with van der Waals surface area (Å²) >= 11 is 0. The molecule has 0 aliphatic rings. The van der Waals surface area contributed by atoms with Crippen LogP contribution < -0.4 is 20.8 Å². The average Bonchev–Trinajstić information content (AvgIpc) is 2.86. The predicted molar refractivity (Wildman–Crippen MR) is 130 cm³/mol. The molecular weight excluding hydrogens is 455 g/mol. The fourth-order valence-electron chi connectivity index (χ4n) is 2.85. The number of non-ortho nitro benzene ring substituents is 1. The van der Waals surface area contributed by atoms with Gasteiger partial charge in [0.05, 0.1) is 18.2 Å². The lowest BCUT2D eigenvalue weighted by atomic mass is 10.2. The van der Waals surface area contributed by atoms with E-state index in [1.54, 1.807) is 43.5 Å². The SMILES string of the molecule is COc1ccc(Nc2nc(NN=Cc3ccc(F)cc3)nc(Nc3ccc([N+](=O)[O-])cc3)n2)cc1. The van der Waals surface area contributed by atoms with E-state index in [4.69, 9.17) is 4.74 Å². The van der Waals surface area contributed by atoms with Crippen molar-refractivity contribution in [1.29, 1.82) is 0 Å². The van der Waals surface area contributed by atoms with Crippen molar-refractivity contribution in [3.05, 3.63) is 94.3 Å². The zero-order chi connectivity index (χ0) is 24.6. The second-order valence-corrected chi connectivity index (χ2v) is 7.01. The highest BCUT2D eigenvalue weighted by Gasteiger charge is 2.09. The molecule has 1 aromatic heterocycles. The standard InChI is InChI=1S/C23H19FN8O3/c1-35-20-12-8-18(9-13-20)27-22-28-21(26-17-6-10-19(11-7-17)32(33)34)29-23(30-22)31-25-14-15-2-4-16(24)5-3-15/h2-14H,1H3,(H3,26,27,28,29,30,31). The predicted octanol–water partition coefficient (Wildman–Crippen LogP) is 4.86. The van der Waals surface area contributed by atoms with Gasteiger partial charge in [-0.15, -0.1) is 0 Å². The number of hydrazone groups is 1. The molecule has 0 radical (unpaired) electrons. The van der Waals surface area contributed by atoms with Gasteiger partial charge in [0, 0.05) is 23.5 Å². The Hall–Kier alpha value is -5.13. The number of halogens is 1. The molecule has 0 spiro atoms. The first-order valence-corrected chi connectivity index (χ1v) is 10.2. The van der Waals surface area contributed by atoms with Crippen LogP contribution in [0.4, 0.5) is 39.3 Å². The molecule has 1 heterocycles. The van der Waals surface area contributed by atoms with E-state index in [1.165, 1.54) is 42.6 Å². The summed E-state index contributed by atoms with van der Waals surface area (Å²) < 4.78 is 18.2. The van der Waals surface area contributed by atoms with Crippen LogP contribution in [0.5, 0.6) is 5.75 Å². The molecule has 0 unspecified atom stereocenters.